The maximum absolute atomic E-state index is 12.9. The smallest absolute Gasteiger partial charge is 0.241 e. The fraction of sp³-hybridized carbons (Fsp3) is 0.375. The van der Waals surface area contributed by atoms with Crippen LogP contribution in [0.5, 0.6) is 5.75 Å². The van der Waals surface area contributed by atoms with Crippen LogP contribution in [0, 0.1) is 5.92 Å². The van der Waals surface area contributed by atoms with Crippen LogP contribution in [0.4, 0.5) is 0 Å². The van der Waals surface area contributed by atoms with Crippen LogP contribution in [0.3, 0.4) is 0 Å². The fourth-order valence-electron chi connectivity index (χ4n) is 3.96. The number of aromatic nitrogens is 2. The third-order valence-corrected chi connectivity index (χ3v) is 6.07. The summed E-state index contributed by atoms with van der Waals surface area (Å²) in [5.41, 5.74) is 1.96. The summed E-state index contributed by atoms with van der Waals surface area (Å²) in [7, 11) is 3.52. The molecule has 1 amide bonds. The van der Waals surface area contributed by atoms with Crippen molar-refractivity contribution in [2.75, 3.05) is 27.2 Å². The third-order valence-electron chi connectivity index (χ3n) is 5.82. The predicted molar refractivity (Wildman–Crippen MR) is 122 cm³/mol. The monoisotopic (exact) mass is 454 g/mol. The van der Waals surface area contributed by atoms with Crippen molar-refractivity contribution >= 4 is 17.5 Å². The van der Waals surface area contributed by atoms with Crippen molar-refractivity contribution in [1.29, 1.82) is 0 Å². The number of amides is 1. The van der Waals surface area contributed by atoms with Gasteiger partial charge in [0, 0.05) is 30.1 Å². The van der Waals surface area contributed by atoms with Gasteiger partial charge in [-0.05, 0) is 67.9 Å². The Labute approximate surface area is 192 Å². The number of hydrogen-bond acceptors (Lipinski definition) is 6. The van der Waals surface area contributed by atoms with E-state index in [1.165, 1.54) is 0 Å². The molecular weight excluding hydrogens is 428 g/mol. The lowest BCUT2D eigenvalue weighted by atomic mass is 9.95. The summed E-state index contributed by atoms with van der Waals surface area (Å²) in [6.07, 6.45) is 1.65. The van der Waals surface area contributed by atoms with E-state index in [4.69, 9.17) is 20.9 Å². The first-order valence-corrected chi connectivity index (χ1v) is 11.1. The summed E-state index contributed by atoms with van der Waals surface area (Å²) in [5.74, 6) is 2.19. The number of hydrogen-bond donors (Lipinski definition) is 0. The average molecular weight is 455 g/mol. The highest BCUT2D eigenvalue weighted by Crippen LogP contribution is 2.23. The van der Waals surface area contributed by atoms with Gasteiger partial charge in [-0.2, -0.15) is 4.98 Å². The maximum atomic E-state index is 12.9. The molecule has 168 valence electrons. The maximum Gasteiger partial charge on any atom is 0.241 e. The van der Waals surface area contributed by atoms with Crippen molar-refractivity contribution in [3.05, 3.63) is 65.0 Å². The van der Waals surface area contributed by atoms with Gasteiger partial charge in [0.15, 0.2) is 0 Å². The molecule has 0 bridgehead atoms. The summed E-state index contributed by atoms with van der Waals surface area (Å²) >= 11 is 5.94. The lowest BCUT2D eigenvalue weighted by molar-refractivity contribution is -0.136. The van der Waals surface area contributed by atoms with Crippen LogP contribution in [0.1, 0.15) is 24.3 Å². The zero-order chi connectivity index (χ0) is 22.5. The summed E-state index contributed by atoms with van der Waals surface area (Å²) in [6.45, 7) is 2.83. The molecule has 7 nitrogen and oxygen atoms in total. The van der Waals surface area contributed by atoms with Crippen molar-refractivity contribution in [2.45, 2.75) is 25.9 Å². The Hall–Kier alpha value is -2.90. The predicted octanol–water partition coefficient (Wildman–Crippen LogP) is 4.27. The zero-order valence-electron chi connectivity index (χ0n) is 18.3. The van der Waals surface area contributed by atoms with Crippen molar-refractivity contribution in [2.24, 2.45) is 5.92 Å². The second-order valence-electron chi connectivity index (χ2n) is 8.11. The van der Waals surface area contributed by atoms with Crippen molar-refractivity contribution in [3.8, 4) is 17.1 Å². The van der Waals surface area contributed by atoms with Gasteiger partial charge in [-0.25, -0.2) is 0 Å². The Morgan fingerprint density at radius 3 is 2.50 bits per heavy atom. The van der Waals surface area contributed by atoms with Crippen LogP contribution in [0.15, 0.2) is 53.1 Å². The van der Waals surface area contributed by atoms with Gasteiger partial charge >= 0.3 is 0 Å². The number of benzene rings is 2. The van der Waals surface area contributed by atoms with Crippen LogP contribution in [0.25, 0.3) is 11.4 Å². The van der Waals surface area contributed by atoms with E-state index in [0.717, 1.165) is 42.8 Å². The minimum absolute atomic E-state index is 0.0433. The molecule has 1 aliphatic heterocycles. The molecule has 1 fully saturated rings. The highest BCUT2D eigenvalue weighted by molar-refractivity contribution is 6.30. The average Bonchev–Trinajstić information content (AvgIpc) is 3.28. The van der Waals surface area contributed by atoms with Crippen molar-refractivity contribution in [3.63, 3.8) is 0 Å². The second kappa shape index (κ2) is 10.1. The van der Waals surface area contributed by atoms with Crippen molar-refractivity contribution < 1.29 is 14.1 Å². The molecule has 2 aromatic carbocycles. The summed E-state index contributed by atoms with van der Waals surface area (Å²) in [4.78, 5) is 21.5. The van der Waals surface area contributed by atoms with E-state index in [9.17, 15) is 4.79 Å². The molecule has 3 aromatic rings. The first-order valence-electron chi connectivity index (χ1n) is 10.7. The highest BCUT2D eigenvalue weighted by Gasteiger charge is 2.28. The third kappa shape index (κ3) is 5.47. The molecule has 1 aliphatic rings. The Balaban J connectivity index is 1.26. The zero-order valence-corrected chi connectivity index (χ0v) is 19.1. The number of piperidine rings is 1. The van der Waals surface area contributed by atoms with Gasteiger partial charge in [0.2, 0.25) is 17.6 Å². The van der Waals surface area contributed by atoms with Crippen LogP contribution < -0.4 is 4.74 Å². The molecule has 8 heteroatoms. The molecule has 32 heavy (non-hydrogen) atoms. The van der Waals surface area contributed by atoms with Crippen LogP contribution >= 0.6 is 11.6 Å². The van der Waals surface area contributed by atoms with Gasteiger partial charge in [-0.15, -0.1) is 0 Å². The van der Waals surface area contributed by atoms with Gasteiger partial charge < -0.3 is 14.2 Å². The van der Waals surface area contributed by atoms with Crippen LogP contribution in [-0.2, 0) is 17.9 Å². The summed E-state index contributed by atoms with van der Waals surface area (Å²) < 4.78 is 10.6. The van der Waals surface area contributed by atoms with E-state index in [-0.39, 0.29) is 11.8 Å². The highest BCUT2D eigenvalue weighted by atomic mass is 35.5. The number of rotatable bonds is 7. The molecule has 0 saturated carbocycles. The molecule has 1 saturated heterocycles. The minimum atomic E-state index is 0.0433. The number of ether oxygens (including phenoxy) is 1. The lowest BCUT2D eigenvalue weighted by Crippen LogP contribution is -2.40. The van der Waals surface area contributed by atoms with Gasteiger partial charge in [-0.3, -0.25) is 9.69 Å². The van der Waals surface area contributed by atoms with Gasteiger partial charge in [0.1, 0.15) is 5.75 Å². The van der Waals surface area contributed by atoms with E-state index < -0.39 is 0 Å². The first-order chi connectivity index (χ1) is 15.5. The topological polar surface area (TPSA) is 71.7 Å². The molecule has 1 aromatic heterocycles. The number of carbonyl (C=O) groups excluding carboxylic acids is 1. The van der Waals surface area contributed by atoms with Gasteiger partial charge in [-0.1, -0.05) is 28.9 Å². The SMILES string of the molecule is COc1ccc(CN(C)C(=O)C2CCN(Cc3nc(-c4ccc(Cl)cc4)no3)CC2)cc1. The number of carbonyl (C=O) groups is 1. The number of nitrogens with zero attached hydrogens (tertiary/aromatic N) is 4. The number of halogens is 1. The van der Waals surface area contributed by atoms with E-state index in [1.807, 2.05) is 48.3 Å². The van der Waals surface area contributed by atoms with Crippen molar-refractivity contribution in [1.82, 2.24) is 19.9 Å². The number of methoxy groups -OCH3 is 1. The summed E-state index contributed by atoms with van der Waals surface area (Å²) in [5, 5.41) is 4.75. The Morgan fingerprint density at radius 1 is 1.16 bits per heavy atom. The molecule has 0 unspecified atom stereocenters. The van der Waals surface area contributed by atoms with E-state index in [1.54, 1.807) is 19.2 Å². The Bertz CT molecular complexity index is 1030. The first kappa shape index (κ1) is 22.3. The molecule has 0 radical (unpaired) electrons. The largest absolute Gasteiger partial charge is 0.497 e. The molecule has 0 atom stereocenters. The normalized spacial score (nSPS) is 15.0. The van der Waals surface area contributed by atoms with Gasteiger partial charge in [0.25, 0.3) is 0 Å². The quantitative estimate of drug-likeness (QED) is 0.531. The number of likely N-dealkylation sites (tertiary alicyclic amines) is 1. The van der Waals surface area contributed by atoms with E-state index in [0.29, 0.717) is 29.8 Å². The Morgan fingerprint density at radius 2 is 1.84 bits per heavy atom. The molecule has 4 rings (SSSR count). The van der Waals surface area contributed by atoms with Gasteiger partial charge in [0.05, 0.1) is 13.7 Å². The standard InChI is InChI=1S/C24H27ClN4O3/c1-28(15-17-3-9-21(31-2)10-4-17)24(30)19-11-13-29(14-12-19)16-22-26-23(27-32-22)18-5-7-20(25)8-6-18/h3-10,19H,11-16H2,1-2H3. The lowest BCUT2D eigenvalue weighted by Gasteiger charge is -2.32. The fourth-order valence-corrected chi connectivity index (χ4v) is 4.09. The molecule has 0 N–H and O–H groups in total. The Kier molecular flexibility index (Phi) is 7.07. The summed E-state index contributed by atoms with van der Waals surface area (Å²) in [6, 6.07) is 15.2. The minimum Gasteiger partial charge on any atom is -0.497 e. The van der Waals surface area contributed by atoms with Crippen LogP contribution in [0.2, 0.25) is 5.02 Å². The second-order valence-corrected chi connectivity index (χ2v) is 8.55. The van der Waals surface area contributed by atoms with E-state index in [2.05, 4.69) is 15.0 Å². The molecule has 0 spiro atoms. The molecule has 2 heterocycles. The molecular formula is C24H27ClN4O3. The van der Waals surface area contributed by atoms with E-state index >= 15 is 0 Å². The van der Waals surface area contributed by atoms with Crippen LogP contribution in [-0.4, -0.2) is 53.1 Å². The molecule has 0 aliphatic carbocycles.